The zero-order chi connectivity index (χ0) is 10.1. The van der Waals surface area contributed by atoms with Crippen molar-refractivity contribution in [1.82, 2.24) is 9.55 Å². The van der Waals surface area contributed by atoms with Gasteiger partial charge in [-0.2, -0.15) is 0 Å². The van der Waals surface area contributed by atoms with E-state index in [1.165, 1.54) is 0 Å². The molecular weight excluding hydrogens is 174 g/mol. The van der Waals surface area contributed by atoms with Gasteiger partial charge in [0.2, 0.25) is 0 Å². The van der Waals surface area contributed by atoms with E-state index in [1.807, 2.05) is 42.8 Å². The maximum absolute atomic E-state index is 5.84. The predicted molar refractivity (Wildman–Crippen MR) is 57.5 cm³/mol. The maximum Gasteiger partial charge on any atom is 0.110 e. The van der Waals surface area contributed by atoms with E-state index >= 15 is 0 Å². The molecule has 0 saturated carbocycles. The first kappa shape index (κ1) is 8.81. The molecule has 0 radical (unpaired) electrons. The molecule has 3 heteroatoms. The summed E-state index contributed by atoms with van der Waals surface area (Å²) in [6, 6.07) is 6.02. The lowest BCUT2D eigenvalue weighted by atomic mass is 10.2. The molecule has 1 aromatic heterocycles. The summed E-state index contributed by atoms with van der Waals surface area (Å²) in [5, 5.41) is 0. The molecule has 0 aliphatic heterocycles. The van der Waals surface area contributed by atoms with Crippen molar-refractivity contribution in [3.8, 4) is 5.69 Å². The Morgan fingerprint density at radius 2 is 2.07 bits per heavy atom. The van der Waals surface area contributed by atoms with Crippen molar-refractivity contribution in [2.75, 3.05) is 5.73 Å². The van der Waals surface area contributed by atoms with E-state index in [-0.39, 0.29) is 0 Å². The lowest BCUT2D eigenvalue weighted by Gasteiger charge is -2.07. The van der Waals surface area contributed by atoms with E-state index in [0.717, 1.165) is 22.8 Å². The van der Waals surface area contributed by atoms with Crippen LogP contribution < -0.4 is 5.73 Å². The molecule has 14 heavy (non-hydrogen) atoms. The molecule has 0 atom stereocenters. The van der Waals surface area contributed by atoms with Crippen LogP contribution in [0.3, 0.4) is 0 Å². The highest BCUT2D eigenvalue weighted by Crippen LogP contribution is 2.17. The third-order valence-electron chi connectivity index (χ3n) is 2.37. The number of hydrogen-bond donors (Lipinski definition) is 1. The molecule has 1 aromatic carbocycles. The van der Waals surface area contributed by atoms with Crippen molar-refractivity contribution >= 4 is 5.69 Å². The van der Waals surface area contributed by atoms with Gasteiger partial charge in [0.25, 0.3) is 0 Å². The molecule has 0 spiro atoms. The smallest absolute Gasteiger partial charge is 0.110 e. The minimum atomic E-state index is 0.815. The second-order valence-corrected chi connectivity index (χ2v) is 3.39. The largest absolute Gasteiger partial charge is 0.398 e. The molecule has 2 rings (SSSR count). The van der Waals surface area contributed by atoms with Crippen molar-refractivity contribution in [2.45, 2.75) is 13.8 Å². The fraction of sp³-hybridized carbons (Fsp3) is 0.182. The van der Waals surface area contributed by atoms with Crippen LogP contribution in [0, 0.1) is 13.8 Å². The summed E-state index contributed by atoms with van der Waals surface area (Å²) in [4.78, 5) is 4.17. The minimum Gasteiger partial charge on any atom is -0.398 e. The second-order valence-electron chi connectivity index (χ2n) is 3.39. The zero-order valence-electron chi connectivity index (χ0n) is 8.36. The summed E-state index contributed by atoms with van der Waals surface area (Å²) in [6.45, 7) is 3.97. The van der Waals surface area contributed by atoms with Crippen molar-refractivity contribution in [3.05, 3.63) is 42.0 Å². The minimum absolute atomic E-state index is 0.815. The topological polar surface area (TPSA) is 43.8 Å². The average molecular weight is 187 g/mol. The molecule has 0 aliphatic rings. The number of rotatable bonds is 1. The highest BCUT2D eigenvalue weighted by molar-refractivity contribution is 5.53. The SMILES string of the molecule is Cc1ccc(-n2ccnc2C)cc1N. The fourth-order valence-electron chi connectivity index (χ4n) is 1.43. The van der Waals surface area contributed by atoms with Crippen LogP contribution >= 0.6 is 0 Å². The molecular formula is C11H13N3. The molecule has 3 nitrogen and oxygen atoms in total. The van der Waals surface area contributed by atoms with E-state index in [2.05, 4.69) is 4.98 Å². The summed E-state index contributed by atoms with van der Waals surface area (Å²) < 4.78 is 2.01. The van der Waals surface area contributed by atoms with E-state index in [0.29, 0.717) is 0 Å². The summed E-state index contributed by atoms with van der Waals surface area (Å²) in [5.74, 6) is 0.966. The number of nitrogen functional groups attached to an aromatic ring is 1. The van der Waals surface area contributed by atoms with E-state index < -0.39 is 0 Å². The van der Waals surface area contributed by atoms with Crippen LogP contribution in [0.25, 0.3) is 5.69 Å². The highest BCUT2D eigenvalue weighted by Gasteiger charge is 2.01. The van der Waals surface area contributed by atoms with Crippen LogP contribution in [0.1, 0.15) is 11.4 Å². The summed E-state index contributed by atoms with van der Waals surface area (Å²) in [7, 11) is 0. The van der Waals surface area contributed by atoms with Gasteiger partial charge in [0, 0.05) is 23.8 Å². The van der Waals surface area contributed by atoms with Crippen LogP contribution in [-0.4, -0.2) is 9.55 Å². The first-order chi connectivity index (χ1) is 6.68. The highest BCUT2D eigenvalue weighted by atomic mass is 15.1. The van der Waals surface area contributed by atoms with Crippen LogP contribution in [0.15, 0.2) is 30.6 Å². The van der Waals surface area contributed by atoms with Crippen molar-refractivity contribution in [3.63, 3.8) is 0 Å². The molecule has 0 aliphatic carbocycles. The molecule has 72 valence electrons. The van der Waals surface area contributed by atoms with E-state index in [1.54, 1.807) is 6.20 Å². The Labute approximate surface area is 83.2 Å². The third-order valence-corrected chi connectivity index (χ3v) is 2.37. The summed E-state index contributed by atoms with van der Waals surface area (Å²) in [5.41, 5.74) is 8.82. The van der Waals surface area contributed by atoms with Gasteiger partial charge < -0.3 is 10.3 Å². The fourth-order valence-corrected chi connectivity index (χ4v) is 1.43. The number of hydrogen-bond acceptors (Lipinski definition) is 2. The predicted octanol–water partition coefficient (Wildman–Crippen LogP) is 2.07. The average Bonchev–Trinajstić information content (AvgIpc) is 2.57. The summed E-state index contributed by atoms with van der Waals surface area (Å²) >= 11 is 0. The van der Waals surface area contributed by atoms with E-state index in [9.17, 15) is 0 Å². The number of aryl methyl sites for hydroxylation is 2. The van der Waals surface area contributed by atoms with Gasteiger partial charge in [-0.1, -0.05) is 6.07 Å². The standard InChI is InChI=1S/C11H13N3/c1-8-3-4-10(7-11(8)12)14-6-5-13-9(14)2/h3-7H,12H2,1-2H3. The molecule has 0 bridgehead atoms. The first-order valence-electron chi connectivity index (χ1n) is 4.55. The molecule has 2 N–H and O–H groups in total. The first-order valence-corrected chi connectivity index (χ1v) is 4.55. The number of aromatic nitrogens is 2. The van der Waals surface area contributed by atoms with Gasteiger partial charge in [0.15, 0.2) is 0 Å². The number of imidazole rings is 1. The van der Waals surface area contributed by atoms with Gasteiger partial charge in [-0.05, 0) is 31.5 Å². The van der Waals surface area contributed by atoms with Crippen molar-refractivity contribution < 1.29 is 0 Å². The number of anilines is 1. The molecule has 2 aromatic rings. The Bertz CT molecular complexity index is 457. The molecule has 0 unspecified atom stereocenters. The molecule has 0 amide bonds. The molecule has 1 heterocycles. The van der Waals surface area contributed by atoms with Gasteiger partial charge in [0.05, 0.1) is 0 Å². The van der Waals surface area contributed by atoms with Gasteiger partial charge in [-0.3, -0.25) is 0 Å². The Morgan fingerprint density at radius 3 is 2.64 bits per heavy atom. The van der Waals surface area contributed by atoms with E-state index in [4.69, 9.17) is 5.73 Å². The maximum atomic E-state index is 5.84. The van der Waals surface area contributed by atoms with Crippen LogP contribution in [0.5, 0.6) is 0 Å². The van der Waals surface area contributed by atoms with Crippen LogP contribution in [0.2, 0.25) is 0 Å². The number of nitrogens with two attached hydrogens (primary N) is 1. The Kier molecular flexibility index (Phi) is 2.00. The Morgan fingerprint density at radius 1 is 1.29 bits per heavy atom. The number of nitrogens with zero attached hydrogens (tertiary/aromatic N) is 2. The van der Waals surface area contributed by atoms with Crippen LogP contribution in [0.4, 0.5) is 5.69 Å². The Hall–Kier alpha value is -1.77. The van der Waals surface area contributed by atoms with Gasteiger partial charge in [-0.15, -0.1) is 0 Å². The zero-order valence-corrected chi connectivity index (χ0v) is 8.36. The van der Waals surface area contributed by atoms with Gasteiger partial charge in [-0.25, -0.2) is 4.98 Å². The second kappa shape index (κ2) is 3.18. The number of benzene rings is 1. The van der Waals surface area contributed by atoms with Crippen molar-refractivity contribution in [2.24, 2.45) is 0 Å². The monoisotopic (exact) mass is 187 g/mol. The lowest BCUT2D eigenvalue weighted by Crippen LogP contribution is -1.98. The normalized spacial score (nSPS) is 10.4. The lowest BCUT2D eigenvalue weighted by molar-refractivity contribution is 0.974. The molecule has 0 saturated heterocycles. The third kappa shape index (κ3) is 1.37. The Balaban J connectivity index is 2.53. The van der Waals surface area contributed by atoms with Gasteiger partial charge >= 0.3 is 0 Å². The molecule has 0 fully saturated rings. The quantitative estimate of drug-likeness (QED) is 0.694. The van der Waals surface area contributed by atoms with Crippen molar-refractivity contribution in [1.29, 1.82) is 0 Å². The van der Waals surface area contributed by atoms with Crippen LogP contribution in [-0.2, 0) is 0 Å². The van der Waals surface area contributed by atoms with Gasteiger partial charge in [0.1, 0.15) is 5.82 Å². The summed E-state index contributed by atoms with van der Waals surface area (Å²) in [6.07, 6.45) is 3.71.